The maximum absolute atomic E-state index is 13.0. The third kappa shape index (κ3) is 3.54. The third-order valence-electron chi connectivity index (χ3n) is 5.29. The van der Waals surface area contributed by atoms with Gasteiger partial charge in [-0.15, -0.1) is 0 Å². The van der Waals surface area contributed by atoms with Gasteiger partial charge < -0.3 is 14.5 Å². The highest BCUT2D eigenvalue weighted by Crippen LogP contribution is 2.37. The van der Waals surface area contributed by atoms with E-state index in [4.69, 9.17) is 14.5 Å². The van der Waals surface area contributed by atoms with E-state index in [0.29, 0.717) is 50.0 Å². The number of para-hydroxylation sites is 1. The fourth-order valence-electron chi connectivity index (χ4n) is 3.60. The average molecular weight is 436 g/mol. The van der Waals surface area contributed by atoms with Crippen LogP contribution in [0.4, 0.5) is 0 Å². The van der Waals surface area contributed by atoms with Crippen LogP contribution in [0.25, 0.3) is 21.8 Å². The fourth-order valence-corrected chi connectivity index (χ4v) is 4.53. The second-order valence-corrected chi connectivity index (χ2v) is 8.29. The lowest BCUT2D eigenvalue weighted by molar-refractivity contribution is 0.355. The highest BCUT2D eigenvalue weighted by Gasteiger charge is 2.28. The number of nitrogens with zero attached hydrogens (tertiary/aromatic N) is 3. The molecular weight excluding hydrogens is 416 g/mol. The van der Waals surface area contributed by atoms with Crippen molar-refractivity contribution in [1.82, 2.24) is 19.5 Å². The normalized spacial score (nSPS) is 13.6. The van der Waals surface area contributed by atoms with Crippen LogP contribution in [-0.4, -0.2) is 33.7 Å². The first-order valence-corrected chi connectivity index (χ1v) is 10.9. The van der Waals surface area contributed by atoms with Crippen molar-refractivity contribution in [2.45, 2.75) is 29.8 Å². The smallest absolute Gasteiger partial charge is 0.262 e. The van der Waals surface area contributed by atoms with Gasteiger partial charge >= 0.3 is 0 Å². The number of hydrogen-bond donors (Lipinski definition) is 1. The number of rotatable bonds is 6. The molecule has 0 radical (unpaired) electrons. The minimum absolute atomic E-state index is 0.0209. The van der Waals surface area contributed by atoms with Crippen LogP contribution in [0, 0.1) is 0 Å². The standard InChI is InChI=1S/C22H20N4O4S/c1-29-17-9-14-16(10-18(17)30-2)23-19(25-20(14)27)11-31-22-24-15-6-4-3-5-13(15)21(28)26(22)12-7-8-12/h3-6,9-10,12H,7-8,11H2,1-2H3,(H,23,25,27). The van der Waals surface area contributed by atoms with E-state index in [1.807, 2.05) is 24.3 Å². The zero-order chi connectivity index (χ0) is 21.5. The van der Waals surface area contributed by atoms with Gasteiger partial charge in [-0.25, -0.2) is 9.97 Å². The van der Waals surface area contributed by atoms with Crippen LogP contribution in [0.1, 0.15) is 24.7 Å². The first-order valence-electron chi connectivity index (χ1n) is 9.88. The van der Waals surface area contributed by atoms with Crippen LogP contribution in [0.5, 0.6) is 11.5 Å². The Bertz CT molecular complexity index is 1430. The molecule has 1 fully saturated rings. The number of nitrogens with one attached hydrogen (secondary N) is 1. The van der Waals surface area contributed by atoms with Gasteiger partial charge in [0.15, 0.2) is 16.7 Å². The Morgan fingerprint density at radius 2 is 1.77 bits per heavy atom. The van der Waals surface area contributed by atoms with Gasteiger partial charge in [0.25, 0.3) is 11.1 Å². The molecule has 1 N–H and O–H groups in total. The summed E-state index contributed by atoms with van der Waals surface area (Å²) in [7, 11) is 3.06. The Balaban J connectivity index is 1.53. The molecule has 0 bridgehead atoms. The lowest BCUT2D eigenvalue weighted by Crippen LogP contribution is -2.22. The first-order chi connectivity index (χ1) is 15.1. The van der Waals surface area contributed by atoms with Gasteiger partial charge in [-0.1, -0.05) is 23.9 Å². The van der Waals surface area contributed by atoms with Crippen molar-refractivity contribution in [3.8, 4) is 11.5 Å². The molecule has 0 amide bonds. The van der Waals surface area contributed by atoms with Crippen molar-refractivity contribution in [1.29, 1.82) is 0 Å². The summed E-state index contributed by atoms with van der Waals surface area (Å²) in [5.41, 5.74) is 0.909. The number of ether oxygens (including phenoxy) is 2. The molecule has 0 aliphatic heterocycles. The number of benzene rings is 2. The summed E-state index contributed by atoms with van der Waals surface area (Å²) >= 11 is 1.40. The summed E-state index contributed by atoms with van der Waals surface area (Å²) in [6, 6.07) is 10.9. The van der Waals surface area contributed by atoms with Crippen molar-refractivity contribution in [3.63, 3.8) is 0 Å². The number of methoxy groups -OCH3 is 2. The summed E-state index contributed by atoms with van der Waals surface area (Å²) in [4.78, 5) is 37.8. The maximum atomic E-state index is 13.0. The number of aromatic amines is 1. The molecule has 2 aromatic carbocycles. The summed E-state index contributed by atoms with van der Waals surface area (Å²) in [6.07, 6.45) is 1.94. The van der Waals surface area contributed by atoms with E-state index in [-0.39, 0.29) is 17.2 Å². The largest absolute Gasteiger partial charge is 0.493 e. The molecule has 1 aliphatic carbocycles. The maximum Gasteiger partial charge on any atom is 0.262 e. The van der Waals surface area contributed by atoms with E-state index in [9.17, 15) is 9.59 Å². The zero-order valence-electron chi connectivity index (χ0n) is 17.0. The number of hydrogen-bond acceptors (Lipinski definition) is 7. The summed E-state index contributed by atoms with van der Waals surface area (Å²) in [6.45, 7) is 0. The molecule has 9 heteroatoms. The topological polar surface area (TPSA) is 99.1 Å². The predicted octanol–water partition coefficient (Wildman–Crippen LogP) is 3.28. The summed E-state index contributed by atoms with van der Waals surface area (Å²) in [5.74, 6) is 1.85. The minimum atomic E-state index is -0.257. The monoisotopic (exact) mass is 436 g/mol. The Hall–Kier alpha value is -3.33. The molecule has 2 heterocycles. The molecule has 31 heavy (non-hydrogen) atoms. The van der Waals surface area contributed by atoms with E-state index >= 15 is 0 Å². The molecule has 0 unspecified atom stereocenters. The molecule has 0 spiro atoms. The Morgan fingerprint density at radius 3 is 2.52 bits per heavy atom. The zero-order valence-corrected chi connectivity index (χ0v) is 17.9. The van der Waals surface area contributed by atoms with E-state index in [1.54, 1.807) is 16.7 Å². The van der Waals surface area contributed by atoms with Crippen LogP contribution in [-0.2, 0) is 5.75 Å². The van der Waals surface area contributed by atoms with Crippen molar-refractivity contribution in [2.24, 2.45) is 0 Å². The third-order valence-corrected chi connectivity index (χ3v) is 6.25. The molecular formula is C22H20N4O4S. The van der Waals surface area contributed by atoms with E-state index in [2.05, 4.69) is 9.97 Å². The molecule has 0 saturated heterocycles. The lowest BCUT2D eigenvalue weighted by atomic mass is 10.2. The first kappa shape index (κ1) is 19.6. The molecule has 1 aliphatic rings. The van der Waals surface area contributed by atoms with E-state index in [1.165, 1.54) is 26.0 Å². The molecule has 0 atom stereocenters. The van der Waals surface area contributed by atoms with Crippen LogP contribution in [0.15, 0.2) is 51.1 Å². The Morgan fingerprint density at radius 1 is 1.03 bits per heavy atom. The lowest BCUT2D eigenvalue weighted by Gasteiger charge is -2.12. The quantitative estimate of drug-likeness (QED) is 0.366. The van der Waals surface area contributed by atoms with Gasteiger partial charge in [-0.05, 0) is 31.0 Å². The van der Waals surface area contributed by atoms with Crippen LogP contribution in [0.3, 0.4) is 0 Å². The van der Waals surface area contributed by atoms with Crippen LogP contribution < -0.4 is 20.6 Å². The highest BCUT2D eigenvalue weighted by atomic mass is 32.2. The second-order valence-electron chi connectivity index (χ2n) is 7.34. The molecule has 4 aromatic rings. The van der Waals surface area contributed by atoms with Crippen LogP contribution >= 0.6 is 11.8 Å². The molecule has 8 nitrogen and oxygen atoms in total. The van der Waals surface area contributed by atoms with Gasteiger partial charge in [-0.2, -0.15) is 0 Å². The molecule has 158 valence electrons. The molecule has 2 aromatic heterocycles. The van der Waals surface area contributed by atoms with Crippen molar-refractivity contribution < 1.29 is 9.47 Å². The average Bonchev–Trinajstić information content (AvgIpc) is 3.62. The number of thioether (sulfide) groups is 1. The van der Waals surface area contributed by atoms with Crippen molar-refractivity contribution in [2.75, 3.05) is 14.2 Å². The highest BCUT2D eigenvalue weighted by molar-refractivity contribution is 7.98. The van der Waals surface area contributed by atoms with Crippen molar-refractivity contribution in [3.05, 3.63) is 62.9 Å². The Kier molecular flexibility index (Phi) is 4.90. The van der Waals surface area contributed by atoms with E-state index in [0.717, 1.165) is 12.8 Å². The summed E-state index contributed by atoms with van der Waals surface area (Å²) < 4.78 is 12.4. The summed E-state index contributed by atoms with van der Waals surface area (Å²) in [5, 5.41) is 1.68. The number of fused-ring (bicyclic) bond motifs is 2. The Labute approximate surface area is 181 Å². The van der Waals surface area contributed by atoms with Crippen molar-refractivity contribution >= 4 is 33.6 Å². The van der Waals surface area contributed by atoms with Gasteiger partial charge in [0, 0.05) is 12.1 Å². The molecule has 5 rings (SSSR count). The molecule has 1 saturated carbocycles. The van der Waals surface area contributed by atoms with Gasteiger partial charge in [0.1, 0.15) is 5.82 Å². The fraction of sp³-hybridized carbons (Fsp3) is 0.273. The van der Waals surface area contributed by atoms with Crippen LogP contribution in [0.2, 0.25) is 0 Å². The van der Waals surface area contributed by atoms with Gasteiger partial charge in [0.05, 0.1) is 41.8 Å². The number of H-pyrrole nitrogens is 1. The number of aromatic nitrogens is 4. The van der Waals surface area contributed by atoms with Gasteiger partial charge in [0.2, 0.25) is 0 Å². The van der Waals surface area contributed by atoms with Gasteiger partial charge in [-0.3, -0.25) is 14.2 Å². The minimum Gasteiger partial charge on any atom is -0.493 e. The second kappa shape index (κ2) is 7.73. The van der Waals surface area contributed by atoms with E-state index < -0.39 is 0 Å². The predicted molar refractivity (Wildman–Crippen MR) is 119 cm³/mol. The SMILES string of the molecule is COc1cc2nc(CSc3nc4ccccc4c(=O)n3C3CC3)[nH]c(=O)c2cc1OC.